The quantitative estimate of drug-likeness (QED) is 0.461. The van der Waals surface area contributed by atoms with E-state index in [0.717, 1.165) is 4.48 Å². The summed E-state index contributed by atoms with van der Waals surface area (Å²) in [5, 5.41) is 0. The topological polar surface area (TPSA) is 0 Å². The van der Waals surface area contributed by atoms with Gasteiger partial charge in [0.1, 0.15) is 0 Å². The third-order valence-corrected chi connectivity index (χ3v) is 1.76. The molecule has 0 saturated carbocycles. The standard InChI is InChI=1S/C11H17Br/c1-3-4-5-6-7-8-9-10-11(2)12/h7-10H,2-6H2,1H3/b8-7+,10-9+. The number of rotatable bonds is 6. The van der Waals surface area contributed by atoms with Gasteiger partial charge in [-0.1, -0.05) is 60.5 Å². The second-order valence-corrected chi connectivity index (χ2v) is 3.75. The Morgan fingerprint density at radius 3 is 2.67 bits per heavy atom. The number of hydrogen-bond acceptors (Lipinski definition) is 0. The highest BCUT2D eigenvalue weighted by Gasteiger charge is 1.79. The Morgan fingerprint density at radius 2 is 2.08 bits per heavy atom. The van der Waals surface area contributed by atoms with Crippen molar-refractivity contribution in [2.45, 2.75) is 32.6 Å². The first kappa shape index (κ1) is 11.7. The fourth-order valence-corrected chi connectivity index (χ4v) is 1.000. The fraction of sp³-hybridized carbons (Fsp3) is 0.455. The van der Waals surface area contributed by atoms with Gasteiger partial charge in [0.15, 0.2) is 0 Å². The molecule has 0 spiro atoms. The van der Waals surface area contributed by atoms with E-state index < -0.39 is 0 Å². The molecule has 0 nitrogen and oxygen atoms in total. The van der Waals surface area contributed by atoms with Crippen molar-refractivity contribution >= 4 is 15.9 Å². The molecular weight excluding hydrogens is 212 g/mol. The molecule has 0 amide bonds. The molecule has 0 aliphatic carbocycles. The van der Waals surface area contributed by atoms with Gasteiger partial charge in [0.25, 0.3) is 0 Å². The maximum Gasteiger partial charge on any atom is 0.0103 e. The summed E-state index contributed by atoms with van der Waals surface area (Å²) in [5.41, 5.74) is 0. The summed E-state index contributed by atoms with van der Waals surface area (Å²) in [6.45, 7) is 5.92. The molecule has 1 heteroatoms. The molecule has 0 heterocycles. The van der Waals surface area contributed by atoms with E-state index >= 15 is 0 Å². The molecule has 0 bridgehead atoms. The average Bonchev–Trinajstić information content (AvgIpc) is 2.02. The van der Waals surface area contributed by atoms with Crippen LogP contribution in [0.5, 0.6) is 0 Å². The first-order valence-corrected chi connectivity index (χ1v) is 5.24. The van der Waals surface area contributed by atoms with Crippen LogP contribution in [-0.2, 0) is 0 Å². The van der Waals surface area contributed by atoms with E-state index in [9.17, 15) is 0 Å². The highest BCUT2D eigenvalue weighted by molar-refractivity contribution is 9.11. The summed E-state index contributed by atoms with van der Waals surface area (Å²) in [6, 6.07) is 0. The molecule has 0 aromatic heterocycles. The third-order valence-electron chi connectivity index (χ3n) is 1.50. The SMILES string of the molecule is C=C(Br)/C=C/C=C/CCCCC. The van der Waals surface area contributed by atoms with Gasteiger partial charge in [-0.25, -0.2) is 0 Å². The number of allylic oxidation sites excluding steroid dienone is 5. The number of unbranched alkanes of at least 4 members (excludes halogenated alkanes) is 3. The molecule has 0 N–H and O–H groups in total. The van der Waals surface area contributed by atoms with Crippen LogP contribution in [0.15, 0.2) is 35.4 Å². The summed E-state index contributed by atoms with van der Waals surface area (Å²) < 4.78 is 0.917. The molecule has 0 aliphatic rings. The first-order valence-electron chi connectivity index (χ1n) is 4.45. The van der Waals surface area contributed by atoms with Gasteiger partial charge < -0.3 is 0 Å². The molecule has 0 rings (SSSR count). The van der Waals surface area contributed by atoms with E-state index in [1.807, 2.05) is 12.2 Å². The number of halogens is 1. The lowest BCUT2D eigenvalue weighted by Crippen LogP contribution is -1.69. The van der Waals surface area contributed by atoms with E-state index in [-0.39, 0.29) is 0 Å². The summed E-state index contributed by atoms with van der Waals surface area (Å²) in [5.74, 6) is 0. The van der Waals surface area contributed by atoms with Crippen molar-refractivity contribution in [2.75, 3.05) is 0 Å². The molecule has 0 aliphatic heterocycles. The van der Waals surface area contributed by atoms with E-state index in [0.29, 0.717) is 0 Å². The lowest BCUT2D eigenvalue weighted by Gasteiger charge is -1.89. The Morgan fingerprint density at radius 1 is 1.33 bits per heavy atom. The minimum atomic E-state index is 0.917. The Hall–Kier alpha value is -0.300. The minimum Gasteiger partial charge on any atom is -0.0847 e. The molecule has 0 fully saturated rings. The van der Waals surface area contributed by atoms with Crippen LogP contribution in [-0.4, -0.2) is 0 Å². The number of hydrogen-bond donors (Lipinski definition) is 0. The van der Waals surface area contributed by atoms with Gasteiger partial charge >= 0.3 is 0 Å². The van der Waals surface area contributed by atoms with E-state index in [1.165, 1.54) is 25.7 Å². The van der Waals surface area contributed by atoms with Crippen molar-refractivity contribution in [3.63, 3.8) is 0 Å². The van der Waals surface area contributed by atoms with E-state index in [4.69, 9.17) is 0 Å². The second kappa shape index (κ2) is 8.79. The maximum absolute atomic E-state index is 3.70. The molecule has 0 radical (unpaired) electrons. The second-order valence-electron chi connectivity index (χ2n) is 2.73. The van der Waals surface area contributed by atoms with Crippen molar-refractivity contribution in [1.29, 1.82) is 0 Å². The van der Waals surface area contributed by atoms with Gasteiger partial charge in [0.05, 0.1) is 0 Å². The van der Waals surface area contributed by atoms with Gasteiger partial charge in [-0.2, -0.15) is 0 Å². The van der Waals surface area contributed by atoms with Crippen LogP contribution < -0.4 is 0 Å². The van der Waals surface area contributed by atoms with Crippen molar-refractivity contribution in [3.8, 4) is 0 Å². The summed E-state index contributed by atoms with van der Waals surface area (Å²) >= 11 is 3.25. The van der Waals surface area contributed by atoms with Crippen LogP contribution in [0.4, 0.5) is 0 Å². The lowest BCUT2D eigenvalue weighted by molar-refractivity contribution is 0.729. The smallest absolute Gasteiger partial charge is 0.0103 e. The van der Waals surface area contributed by atoms with Gasteiger partial charge in [-0.05, 0) is 18.9 Å². The molecule has 12 heavy (non-hydrogen) atoms. The molecule has 68 valence electrons. The molecular formula is C11H17Br. The zero-order chi connectivity index (χ0) is 9.23. The van der Waals surface area contributed by atoms with Crippen LogP contribution in [0.2, 0.25) is 0 Å². The van der Waals surface area contributed by atoms with Gasteiger partial charge in [0, 0.05) is 4.48 Å². The molecule has 0 aromatic rings. The predicted octanol–water partition coefficient (Wildman–Crippen LogP) is 4.59. The molecule has 0 atom stereocenters. The Kier molecular flexibility index (Phi) is 8.57. The van der Waals surface area contributed by atoms with E-state index in [2.05, 4.69) is 41.6 Å². The maximum atomic E-state index is 3.70. The molecule has 0 aromatic carbocycles. The lowest BCUT2D eigenvalue weighted by atomic mass is 10.2. The van der Waals surface area contributed by atoms with Crippen molar-refractivity contribution in [3.05, 3.63) is 35.4 Å². The van der Waals surface area contributed by atoms with Crippen LogP contribution in [0.1, 0.15) is 32.6 Å². The summed E-state index contributed by atoms with van der Waals surface area (Å²) in [6.07, 6.45) is 13.3. The van der Waals surface area contributed by atoms with Crippen LogP contribution >= 0.6 is 15.9 Å². The van der Waals surface area contributed by atoms with Crippen LogP contribution in [0.3, 0.4) is 0 Å². The highest BCUT2D eigenvalue weighted by Crippen LogP contribution is 2.02. The fourth-order valence-electron chi connectivity index (χ4n) is 0.847. The van der Waals surface area contributed by atoms with Crippen molar-refractivity contribution in [2.24, 2.45) is 0 Å². The normalized spacial score (nSPS) is 11.5. The Bertz CT molecular complexity index is 166. The molecule has 0 saturated heterocycles. The Balaban J connectivity index is 3.31. The van der Waals surface area contributed by atoms with Crippen molar-refractivity contribution in [1.82, 2.24) is 0 Å². The summed E-state index contributed by atoms with van der Waals surface area (Å²) in [4.78, 5) is 0. The average molecular weight is 229 g/mol. The summed E-state index contributed by atoms with van der Waals surface area (Å²) in [7, 11) is 0. The van der Waals surface area contributed by atoms with Gasteiger partial charge in [-0.15, -0.1) is 0 Å². The highest BCUT2D eigenvalue weighted by atomic mass is 79.9. The predicted molar refractivity (Wildman–Crippen MR) is 60.5 cm³/mol. The zero-order valence-electron chi connectivity index (χ0n) is 7.72. The Labute approximate surface area is 84.2 Å². The first-order chi connectivity index (χ1) is 5.77. The third kappa shape index (κ3) is 9.70. The molecule has 0 unspecified atom stereocenters. The van der Waals surface area contributed by atoms with Crippen molar-refractivity contribution < 1.29 is 0 Å². The van der Waals surface area contributed by atoms with Crippen LogP contribution in [0.25, 0.3) is 0 Å². The zero-order valence-corrected chi connectivity index (χ0v) is 9.31. The monoisotopic (exact) mass is 228 g/mol. The van der Waals surface area contributed by atoms with Crippen LogP contribution in [0, 0.1) is 0 Å². The van der Waals surface area contributed by atoms with Gasteiger partial charge in [0.2, 0.25) is 0 Å². The minimum absolute atomic E-state index is 0.917. The van der Waals surface area contributed by atoms with Gasteiger partial charge in [-0.3, -0.25) is 0 Å². The largest absolute Gasteiger partial charge is 0.0847 e. The van der Waals surface area contributed by atoms with E-state index in [1.54, 1.807) is 0 Å².